The van der Waals surface area contributed by atoms with E-state index in [-0.39, 0.29) is 41.5 Å². The van der Waals surface area contributed by atoms with Crippen LogP contribution in [0.15, 0.2) is 23.2 Å². The molecule has 7 nitrogen and oxygen atoms in total. The Kier molecular flexibility index (Phi) is 11.5. The Bertz CT molecular complexity index is 737. The van der Waals surface area contributed by atoms with Crippen LogP contribution >= 0.6 is 24.0 Å². The van der Waals surface area contributed by atoms with Gasteiger partial charge in [0.05, 0.1) is 19.1 Å². The zero-order valence-electron chi connectivity index (χ0n) is 19.3. The predicted molar refractivity (Wildman–Crippen MR) is 134 cm³/mol. The van der Waals surface area contributed by atoms with Crippen molar-refractivity contribution in [2.75, 3.05) is 52.9 Å². The van der Waals surface area contributed by atoms with Gasteiger partial charge in [-0.2, -0.15) is 0 Å². The van der Waals surface area contributed by atoms with E-state index in [9.17, 15) is 9.18 Å². The van der Waals surface area contributed by atoms with E-state index in [4.69, 9.17) is 9.73 Å². The fourth-order valence-electron chi connectivity index (χ4n) is 3.35. The summed E-state index contributed by atoms with van der Waals surface area (Å²) in [4.78, 5) is 21.5. The van der Waals surface area contributed by atoms with Crippen molar-refractivity contribution in [2.24, 2.45) is 10.4 Å². The molecule has 1 aliphatic rings. The van der Waals surface area contributed by atoms with Crippen molar-refractivity contribution < 1.29 is 13.9 Å². The molecule has 1 saturated heterocycles. The number of hydrogen-bond acceptors (Lipinski definition) is 4. The molecule has 2 rings (SSSR count). The number of guanidine groups is 1. The van der Waals surface area contributed by atoms with Crippen molar-refractivity contribution in [3.05, 3.63) is 29.6 Å². The predicted octanol–water partition coefficient (Wildman–Crippen LogP) is 2.70. The summed E-state index contributed by atoms with van der Waals surface area (Å²) in [6.07, 6.45) is 0. The second-order valence-corrected chi connectivity index (χ2v) is 8.15. The standard InChI is InChI=1S/C22H36FN5O2.HI/c1-6-24-20(29)22(3,4)16-26-21(25-7-2)28-12-10-27(11-13-28)15-17-8-9-19(30-5)18(23)14-17;/h8-9,14H,6-7,10-13,15-16H2,1-5H3,(H,24,29)(H,25,26);1H. The quantitative estimate of drug-likeness (QED) is 0.297. The van der Waals surface area contributed by atoms with Crippen LogP contribution in [0.5, 0.6) is 5.75 Å². The highest BCUT2D eigenvalue weighted by Gasteiger charge is 2.28. The summed E-state index contributed by atoms with van der Waals surface area (Å²) >= 11 is 0. The first-order chi connectivity index (χ1) is 14.3. The SMILES string of the molecule is CCNC(=O)C(C)(C)CN=C(NCC)N1CCN(Cc2ccc(OC)c(F)c2)CC1.I. The van der Waals surface area contributed by atoms with Crippen molar-refractivity contribution in [3.63, 3.8) is 0 Å². The number of carbonyl (C=O) groups is 1. The van der Waals surface area contributed by atoms with Gasteiger partial charge in [0.2, 0.25) is 5.91 Å². The highest BCUT2D eigenvalue weighted by atomic mass is 127. The van der Waals surface area contributed by atoms with E-state index in [0.29, 0.717) is 19.6 Å². The molecular weight excluding hydrogens is 512 g/mol. The molecule has 1 fully saturated rings. The Balaban J connectivity index is 0.00000480. The van der Waals surface area contributed by atoms with Crippen molar-refractivity contribution in [1.29, 1.82) is 0 Å². The summed E-state index contributed by atoms with van der Waals surface area (Å²) in [5, 5.41) is 6.22. The number of piperazine rings is 1. The van der Waals surface area contributed by atoms with Gasteiger partial charge in [-0.25, -0.2) is 4.39 Å². The molecule has 9 heteroatoms. The Morgan fingerprint density at radius 2 is 1.81 bits per heavy atom. The summed E-state index contributed by atoms with van der Waals surface area (Å²) < 4.78 is 18.9. The summed E-state index contributed by atoms with van der Waals surface area (Å²) in [6, 6.07) is 5.12. The largest absolute Gasteiger partial charge is 0.494 e. The molecule has 0 unspecified atom stereocenters. The number of methoxy groups -OCH3 is 1. The highest BCUT2D eigenvalue weighted by molar-refractivity contribution is 14.0. The number of ether oxygens (including phenoxy) is 1. The fraction of sp³-hybridized carbons (Fsp3) is 0.636. The monoisotopic (exact) mass is 549 g/mol. The van der Waals surface area contributed by atoms with Gasteiger partial charge in [-0.1, -0.05) is 6.07 Å². The number of nitrogens with one attached hydrogen (secondary N) is 2. The maximum Gasteiger partial charge on any atom is 0.227 e. The van der Waals surface area contributed by atoms with Crippen LogP contribution in [0.3, 0.4) is 0 Å². The van der Waals surface area contributed by atoms with Gasteiger partial charge in [0.25, 0.3) is 0 Å². The molecule has 0 radical (unpaired) electrons. The Hall–Kier alpha value is -1.62. The first-order valence-corrected chi connectivity index (χ1v) is 10.7. The highest BCUT2D eigenvalue weighted by Crippen LogP contribution is 2.19. The lowest BCUT2D eigenvalue weighted by Gasteiger charge is -2.37. The number of aliphatic imine (C=N–C) groups is 1. The average Bonchev–Trinajstić information content (AvgIpc) is 2.72. The van der Waals surface area contributed by atoms with Crippen LogP contribution in [0.25, 0.3) is 0 Å². The second-order valence-electron chi connectivity index (χ2n) is 8.15. The summed E-state index contributed by atoms with van der Waals surface area (Å²) in [5.74, 6) is 0.793. The summed E-state index contributed by atoms with van der Waals surface area (Å²) in [5.41, 5.74) is 0.378. The molecule has 1 aromatic rings. The number of nitrogens with zero attached hydrogens (tertiary/aromatic N) is 3. The molecule has 0 bridgehead atoms. The minimum Gasteiger partial charge on any atom is -0.494 e. The molecule has 0 aliphatic carbocycles. The zero-order valence-corrected chi connectivity index (χ0v) is 21.7. The van der Waals surface area contributed by atoms with Crippen LogP contribution in [-0.2, 0) is 11.3 Å². The van der Waals surface area contributed by atoms with Crippen LogP contribution < -0.4 is 15.4 Å². The van der Waals surface area contributed by atoms with Crippen LogP contribution in [0.1, 0.15) is 33.3 Å². The summed E-state index contributed by atoms with van der Waals surface area (Å²) in [7, 11) is 1.47. The van der Waals surface area contributed by atoms with Crippen molar-refractivity contribution in [2.45, 2.75) is 34.2 Å². The van der Waals surface area contributed by atoms with Gasteiger partial charge in [-0.05, 0) is 45.4 Å². The molecule has 0 saturated carbocycles. The van der Waals surface area contributed by atoms with E-state index in [1.807, 2.05) is 33.8 Å². The van der Waals surface area contributed by atoms with E-state index < -0.39 is 5.41 Å². The van der Waals surface area contributed by atoms with Gasteiger partial charge in [0, 0.05) is 45.8 Å². The van der Waals surface area contributed by atoms with Gasteiger partial charge in [0.1, 0.15) is 0 Å². The molecule has 1 heterocycles. The van der Waals surface area contributed by atoms with Crippen LogP contribution in [0, 0.1) is 11.2 Å². The molecule has 176 valence electrons. The van der Waals surface area contributed by atoms with E-state index in [0.717, 1.165) is 44.2 Å². The number of amides is 1. The third kappa shape index (κ3) is 8.10. The van der Waals surface area contributed by atoms with E-state index in [2.05, 4.69) is 20.4 Å². The van der Waals surface area contributed by atoms with E-state index in [1.165, 1.54) is 7.11 Å². The first kappa shape index (κ1) is 27.4. The molecule has 1 aliphatic heterocycles. The lowest BCUT2D eigenvalue weighted by atomic mass is 9.92. The van der Waals surface area contributed by atoms with Gasteiger partial charge in [-0.15, -0.1) is 24.0 Å². The number of carbonyl (C=O) groups excluding carboxylic acids is 1. The van der Waals surface area contributed by atoms with E-state index >= 15 is 0 Å². The molecule has 31 heavy (non-hydrogen) atoms. The Labute approximate surface area is 202 Å². The lowest BCUT2D eigenvalue weighted by molar-refractivity contribution is -0.128. The molecule has 2 N–H and O–H groups in total. The Morgan fingerprint density at radius 3 is 2.35 bits per heavy atom. The minimum absolute atomic E-state index is 0. The number of benzene rings is 1. The zero-order chi connectivity index (χ0) is 22.1. The molecule has 0 atom stereocenters. The van der Waals surface area contributed by atoms with Crippen LogP contribution in [-0.4, -0.2) is 74.6 Å². The molecule has 0 aromatic heterocycles. The van der Waals surface area contributed by atoms with Gasteiger partial charge >= 0.3 is 0 Å². The average molecular weight is 549 g/mol. The molecule has 1 amide bonds. The van der Waals surface area contributed by atoms with Crippen LogP contribution in [0.2, 0.25) is 0 Å². The van der Waals surface area contributed by atoms with Gasteiger partial charge in [0.15, 0.2) is 17.5 Å². The second kappa shape index (κ2) is 13.0. The normalized spacial score (nSPS) is 15.3. The molecular formula is C22H37FIN5O2. The van der Waals surface area contributed by atoms with Crippen molar-refractivity contribution in [1.82, 2.24) is 20.4 Å². The smallest absolute Gasteiger partial charge is 0.227 e. The number of halogens is 2. The van der Waals surface area contributed by atoms with Gasteiger partial charge in [-0.3, -0.25) is 14.7 Å². The number of rotatable bonds is 8. The van der Waals surface area contributed by atoms with Crippen LogP contribution in [0.4, 0.5) is 4.39 Å². The van der Waals surface area contributed by atoms with Crippen molar-refractivity contribution in [3.8, 4) is 5.75 Å². The summed E-state index contributed by atoms with van der Waals surface area (Å²) in [6.45, 7) is 13.7. The fourth-order valence-corrected chi connectivity index (χ4v) is 3.35. The third-order valence-electron chi connectivity index (χ3n) is 5.21. The molecule has 1 aromatic carbocycles. The van der Waals surface area contributed by atoms with E-state index in [1.54, 1.807) is 12.1 Å². The third-order valence-corrected chi connectivity index (χ3v) is 5.21. The maximum atomic E-state index is 13.9. The van der Waals surface area contributed by atoms with Crippen molar-refractivity contribution >= 4 is 35.8 Å². The Morgan fingerprint density at radius 1 is 1.16 bits per heavy atom. The van der Waals surface area contributed by atoms with Gasteiger partial charge < -0.3 is 20.3 Å². The number of hydrogen-bond donors (Lipinski definition) is 2. The topological polar surface area (TPSA) is 69.2 Å². The maximum absolute atomic E-state index is 13.9. The lowest BCUT2D eigenvalue weighted by Crippen LogP contribution is -2.52. The minimum atomic E-state index is -0.559. The molecule has 0 spiro atoms. The first-order valence-electron chi connectivity index (χ1n) is 10.7.